The van der Waals surface area contributed by atoms with Crippen molar-refractivity contribution in [2.45, 2.75) is 39.0 Å². The fraction of sp³-hybridized carbons (Fsp3) is 0.500. The SMILES string of the molecule is CCC(C)(CC)c1ccnc(C#N)c1. The van der Waals surface area contributed by atoms with Crippen LogP contribution in [0.5, 0.6) is 0 Å². The zero-order valence-corrected chi connectivity index (χ0v) is 9.04. The lowest BCUT2D eigenvalue weighted by molar-refractivity contribution is 0.438. The summed E-state index contributed by atoms with van der Waals surface area (Å²) in [6, 6.07) is 5.98. The van der Waals surface area contributed by atoms with Gasteiger partial charge in [-0.2, -0.15) is 5.26 Å². The van der Waals surface area contributed by atoms with Gasteiger partial charge in [0.05, 0.1) is 0 Å². The summed E-state index contributed by atoms with van der Waals surface area (Å²) in [4.78, 5) is 3.98. The van der Waals surface area contributed by atoms with Gasteiger partial charge in [0.1, 0.15) is 11.8 Å². The van der Waals surface area contributed by atoms with Crippen LogP contribution in [-0.2, 0) is 5.41 Å². The lowest BCUT2D eigenvalue weighted by Gasteiger charge is -2.27. The maximum absolute atomic E-state index is 8.76. The molecule has 0 aliphatic heterocycles. The van der Waals surface area contributed by atoms with Crippen LogP contribution in [0.25, 0.3) is 0 Å². The summed E-state index contributed by atoms with van der Waals surface area (Å²) in [6.07, 6.45) is 3.88. The van der Waals surface area contributed by atoms with Gasteiger partial charge in [0.25, 0.3) is 0 Å². The Bertz CT molecular complexity index is 346. The van der Waals surface area contributed by atoms with Gasteiger partial charge in [-0.25, -0.2) is 4.98 Å². The minimum Gasteiger partial charge on any atom is -0.246 e. The van der Waals surface area contributed by atoms with E-state index in [0.29, 0.717) is 5.69 Å². The van der Waals surface area contributed by atoms with Gasteiger partial charge >= 0.3 is 0 Å². The van der Waals surface area contributed by atoms with Gasteiger partial charge in [-0.3, -0.25) is 0 Å². The van der Waals surface area contributed by atoms with E-state index in [0.717, 1.165) is 12.8 Å². The van der Waals surface area contributed by atoms with Gasteiger partial charge in [-0.1, -0.05) is 20.8 Å². The van der Waals surface area contributed by atoms with Gasteiger partial charge in [0.15, 0.2) is 0 Å². The molecule has 0 aliphatic rings. The second-order valence-corrected chi connectivity index (χ2v) is 3.81. The normalized spacial score (nSPS) is 11.0. The minimum absolute atomic E-state index is 0.175. The number of aromatic nitrogens is 1. The molecule has 0 radical (unpaired) electrons. The summed E-state index contributed by atoms with van der Waals surface area (Å²) < 4.78 is 0. The molecular weight excluding hydrogens is 172 g/mol. The highest BCUT2D eigenvalue weighted by atomic mass is 14.7. The Morgan fingerprint density at radius 3 is 2.57 bits per heavy atom. The molecule has 1 rings (SSSR count). The Balaban J connectivity index is 3.12. The Morgan fingerprint density at radius 2 is 2.07 bits per heavy atom. The molecule has 2 nitrogen and oxygen atoms in total. The molecule has 1 heterocycles. The number of hydrogen-bond acceptors (Lipinski definition) is 2. The quantitative estimate of drug-likeness (QED) is 0.731. The molecule has 0 fully saturated rings. The molecule has 0 saturated heterocycles. The number of pyridine rings is 1. The lowest BCUT2D eigenvalue weighted by atomic mass is 9.78. The molecule has 0 atom stereocenters. The van der Waals surface area contributed by atoms with E-state index in [-0.39, 0.29) is 5.41 Å². The van der Waals surface area contributed by atoms with Crippen LogP contribution < -0.4 is 0 Å². The van der Waals surface area contributed by atoms with Crippen LogP contribution in [0, 0.1) is 11.3 Å². The van der Waals surface area contributed by atoms with Crippen molar-refractivity contribution in [2.24, 2.45) is 0 Å². The summed E-state index contributed by atoms with van der Waals surface area (Å²) in [5.41, 5.74) is 1.90. The predicted octanol–water partition coefficient (Wildman–Crippen LogP) is 3.03. The summed E-state index contributed by atoms with van der Waals surface area (Å²) >= 11 is 0. The topological polar surface area (TPSA) is 36.7 Å². The van der Waals surface area contributed by atoms with Crippen LogP contribution in [0.15, 0.2) is 18.3 Å². The highest BCUT2D eigenvalue weighted by molar-refractivity contribution is 5.30. The smallest absolute Gasteiger partial charge is 0.140 e. The third kappa shape index (κ3) is 1.93. The molecule has 0 N–H and O–H groups in total. The van der Waals surface area contributed by atoms with Crippen LogP contribution in [0.3, 0.4) is 0 Å². The predicted molar refractivity (Wildman–Crippen MR) is 56.9 cm³/mol. The molecule has 0 aliphatic carbocycles. The first kappa shape index (κ1) is 10.7. The highest BCUT2D eigenvalue weighted by Crippen LogP contribution is 2.30. The number of rotatable bonds is 3. The van der Waals surface area contributed by atoms with Crippen LogP contribution in [-0.4, -0.2) is 4.98 Å². The number of nitrogens with zero attached hydrogens (tertiary/aromatic N) is 2. The van der Waals surface area contributed by atoms with Gasteiger partial charge in [0, 0.05) is 6.20 Å². The van der Waals surface area contributed by atoms with Crippen molar-refractivity contribution in [2.75, 3.05) is 0 Å². The van der Waals surface area contributed by atoms with Gasteiger partial charge in [0.2, 0.25) is 0 Å². The first-order valence-electron chi connectivity index (χ1n) is 5.03. The largest absolute Gasteiger partial charge is 0.246 e. The fourth-order valence-electron chi connectivity index (χ4n) is 1.53. The zero-order valence-electron chi connectivity index (χ0n) is 9.04. The van der Waals surface area contributed by atoms with Crippen molar-refractivity contribution < 1.29 is 0 Å². The Hall–Kier alpha value is -1.36. The molecule has 0 bridgehead atoms. The highest BCUT2D eigenvalue weighted by Gasteiger charge is 2.22. The van der Waals surface area contributed by atoms with Crippen LogP contribution >= 0.6 is 0 Å². The summed E-state index contributed by atoms with van der Waals surface area (Å²) in [5.74, 6) is 0. The molecule has 14 heavy (non-hydrogen) atoms. The van der Waals surface area contributed by atoms with E-state index in [9.17, 15) is 0 Å². The molecule has 74 valence electrons. The van der Waals surface area contributed by atoms with E-state index in [1.165, 1.54) is 5.56 Å². The van der Waals surface area contributed by atoms with E-state index in [1.807, 2.05) is 12.1 Å². The van der Waals surface area contributed by atoms with Gasteiger partial charge in [-0.15, -0.1) is 0 Å². The second kappa shape index (κ2) is 4.23. The molecule has 0 spiro atoms. The molecular formula is C12H16N2. The third-order valence-electron chi connectivity index (χ3n) is 3.13. The Labute approximate surface area is 85.6 Å². The van der Waals surface area contributed by atoms with Crippen molar-refractivity contribution >= 4 is 0 Å². The van der Waals surface area contributed by atoms with E-state index in [1.54, 1.807) is 6.20 Å². The maximum Gasteiger partial charge on any atom is 0.140 e. The first-order valence-corrected chi connectivity index (χ1v) is 5.03. The number of hydrogen-bond donors (Lipinski definition) is 0. The van der Waals surface area contributed by atoms with E-state index in [2.05, 4.69) is 31.8 Å². The summed E-state index contributed by atoms with van der Waals surface area (Å²) in [7, 11) is 0. The Morgan fingerprint density at radius 1 is 1.43 bits per heavy atom. The Kier molecular flexibility index (Phi) is 3.24. The molecule has 0 unspecified atom stereocenters. The third-order valence-corrected chi connectivity index (χ3v) is 3.13. The molecule has 0 saturated carbocycles. The van der Waals surface area contributed by atoms with Crippen LogP contribution in [0.4, 0.5) is 0 Å². The van der Waals surface area contributed by atoms with E-state index >= 15 is 0 Å². The maximum atomic E-state index is 8.76. The van der Waals surface area contributed by atoms with Crippen molar-refractivity contribution in [3.8, 4) is 6.07 Å². The monoisotopic (exact) mass is 188 g/mol. The molecule has 1 aromatic heterocycles. The molecule has 1 aromatic rings. The average molecular weight is 188 g/mol. The minimum atomic E-state index is 0.175. The van der Waals surface area contributed by atoms with E-state index < -0.39 is 0 Å². The lowest BCUT2D eigenvalue weighted by Crippen LogP contribution is -2.19. The molecule has 0 amide bonds. The van der Waals surface area contributed by atoms with E-state index in [4.69, 9.17) is 5.26 Å². The molecule has 0 aromatic carbocycles. The fourth-order valence-corrected chi connectivity index (χ4v) is 1.53. The first-order chi connectivity index (χ1) is 6.66. The van der Waals surface area contributed by atoms with Crippen molar-refractivity contribution in [3.05, 3.63) is 29.6 Å². The molecule has 2 heteroatoms. The second-order valence-electron chi connectivity index (χ2n) is 3.81. The zero-order chi connectivity index (χ0) is 10.6. The standard InChI is InChI=1S/C12H16N2/c1-4-12(3,5-2)10-6-7-14-11(8-10)9-13/h6-8H,4-5H2,1-3H3. The van der Waals surface area contributed by atoms with Crippen LogP contribution in [0.2, 0.25) is 0 Å². The summed E-state index contributed by atoms with van der Waals surface area (Å²) in [6.45, 7) is 6.58. The average Bonchev–Trinajstić information content (AvgIpc) is 2.28. The van der Waals surface area contributed by atoms with Gasteiger partial charge < -0.3 is 0 Å². The van der Waals surface area contributed by atoms with Crippen molar-refractivity contribution in [3.63, 3.8) is 0 Å². The number of nitriles is 1. The van der Waals surface area contributed by atoms with Crippen molar-refractivity contribution in [1.82, 2.24) is 4.98 Å². The summed E-state index contributed by atoms with van der Waals surface area (Å²) in [5, 5.41) is 8.76. The van der Waals surface area contributed by atoms with Crippen molar-refractivity contribution in [1.29, 1.82) is 5.26 Å². The van der Waals surface area contributed by atoms with Crippen LogP contribution in [0.1, 0.15) is 44.9 Å². The van der Waals surface area contributed by atoms with Gasteiger partial charge in [-0.05, 0) is 36.0 Å².